The normalized spacial score (nSPS) is 19.7. The molecule has 0 bridgehead atoms. The van der Waals surface area contributed by atoms with E-state index in [2.05, 4.69) is 10.1 Å². The number of anilines is 1. The van der Waals surface area contributed by atoms with Crippen molar-refractivity contribution in [3.63, 3.8) is 0 Å². The third-order valence-electron chi connectivity index (χ3n) is 3.76. The molecule has 0 aromatic carbocycles. The van der Waals surface area contributed by atoms with Crippen molar-refractivity contribution in [2.75, 3.05) is 12.0 Å². The number of ether oxygens (including phenoxy) is 1. The SMILES string of the molecule is COC(=O)c1scc(C)c1N1C(=O)NC(=O)C2(CC2)C1=O. The van der Waals surface area contributed by atoms with Crippen LogP contribution >= 0.6 is 11.3 Å². The number of carbonyl (C=O) groups is 4. The van der Waals surface area contributed by atoms with Crippen LogP contribution in [0.3, 0.4) is 0 Å². The molecule has 7 nitrogen and oxygen atoms in total. The largest absolute Gasteiger partial charge is 0.465 e. The fourth-order valence-electron chi connectivity index (χ4n) is 2.40. The predicted octanol–water partition coefficient (Wildman–Crippen LogP) is 1.21. The number of urea groups is 1. The molecule has 21 heavy (non-hydrogen) atoms. The Morgan fingerprint density at radius 3 is 2.62 bits per heavy atom. The minimum Gasteiger partial charge on any atom is -0.465 e. The molecule has 4 amide bonds. The Hall–Kier alpha value is -2.22. The molecule has 1 saturated heterocycles. The number of nitrogens with zero attached hydrogens (tertiary/aromatic N) is 1. The van der Waals surface area contributed by atoms with E-state index in [-0.39, 0.29) is 10.6 Å². The molecule has 1 N–H and O–H groups in total. The molecule has 3 rings (SSSR count). The highest BCUT2D eigenvalue weighted by Crippen LogP contribution is 2.50. The first-order valence-corrected chi connectivity index (χ1v) is 7.16. The number of thiophene rings is 1. The number of methoxy groups -OCH3 is 1. The van der Waals surface area contributed by atoms with Crippen molar-refractivity contribution in [3.05, 3.63) is 15.8 Å². The maximum atomic E-state index is 12.5. The molecule has 2 fully saturated rings. The van der Waals surface area contributed by atoms with Gasteiger partial charge in [-0.2, -0.15) is 0 Å². The molecule has 1 spiro atoms. The lowest BCUT2D eigenvalue weighted by atomic mass is 10.0. The summed E-state index contributed by atoms with van der Waals surface area (Å²) >= 11 is 1.09. The summed E-state index contributed by atoms with van der Waals surface area (Å²) in [4.78, 5) is 49.3. The van der Waals surface area contributed by atoms with Crippen molar-refractivity contribution < 1.29 is 23.9 Å². The molecular weight excluding hydrogens is 296 g/mol. The number of aryl methyl sites for hydroxylation is 1. The second-order valence-electron chi connectivity index (χ2n) is 5.07. The average Bonchev–Trinajstić information content (AvgIpc) is 3.17. The van der Waals surface area contributed by atoms with Crippen LogP contribution in [0.1, 0.15) is 28.1 Å². The molecule has 1 saturated carbocycles. The van der Waals surface area contributed by atoms with Gasteiger partial charge in [0.25, 0.3) is 5.91 Å². The van der Waals surface area contributed by atoms with Gasteiger partial charge >= 0.3 is 12.0 Å². The zero-order valence-electron chi connectivity index (χ0n) is 11.4. The lowest BCUT2D eigenvalue weighted by Crippen LogP contribution is -2.59. The summed E-state index contributed by atoms with van der Waals surface area (Å²) in [5.41, 5.74) is -0.336. The molecular formula is C13H12N2O5S. The van der Waals surface area contributed by atoms with Crippen LogP contribution in [0.5, 0.6) is 0 Å². The minimum atomic E-state index is -1.14. The number of hydrogen-bond acceptors (Lipinski definition) is 6. The van der Waals surface area contributed by atoms with Gasteiger partial charge in [0.2, 0.25) is 5.91 Å². The smallest absolute Gasteiger partial charge is 0.350 e. The molecule has 1 aliphatic heterocycles. The quantitative estimate of drug-likeness (QED) is 0.654. The monoisotopic (exact) mass is 308 g/mol. The molecule has 1 aromatic rings. The minimum absolute atomic E-state index is 0.170. The van der Waals surface area contributed by atoms with Gasteiger partial charge in [0, 0.05) is 0 Å². The van der Waals surface area contributed by atoms with Gasteiger partial charge in [-0.15, -0.1) is 11.3 Å². The highest BCUT2D eigenvalue weighted by molar-refractivity contribution is 7.12. The Bertz CT molecular complexity index is 689. The average molecular weight is 308 g/mol. The number of nitrogens with one attached hydrogen (secondary N) is 1. The molecule has 0 radical (unpaired) electrons. The van der Waals surface area contributed by atoms with E-state index in [0.717, 1.165) is 16.2 Å². The van der Waals surface area contributed by atoms with Gasteiger partial charge in [0.05, 0.1) is 12.8 Å². The van der Waals surface area contributed by atoms with Crippen molar-refractivity contribution in [3.8, 4) is 0 Å². The zero-order valence-corrected chi connectivity index (χ0v) is 12.2. The maximum absolute atomic E-state index is 12.5. The van der Waals surface area contributed by atoms with Crippen LogP contribution in [0.2, 0.25) is 0 Å². The lowest BCUT2D eigenvalue weighted by molar-refractivity contribution is -0.136. The van der Waals surface area contributed by atoms with E-state index in [1.165, 1.54) is 7.11 Å². The van der Waals surface area contributed by atoms with Crippen molar-refractivity contribution in [1.29, 1.82) is 0 Å². The third-order valence-corrected chi connectivity index (χ3v) is 4.82. The highest BCUT2D eigenvalue weighted by atomic mass is 32.1. The number of imide groups is 2. The number of hydrogen-bond donors (Lipinski definition) is 1. The third kappa shape index (κ3) is 1.79. The van der Waals surface area contributed by atoms with Crippen LogP contribution in [0.25, 0.3) is 0 Å². The highest BCUT2D eigenvalue weighted by Gasteiger charge is 2.63. The van der Waals surface area contributed by atoms with Gasteiger partial charge in [0.1, 0.15) is 10.3 Å². The van der Waals surface area contributed by atoms with E-state index < -0.39 is 29.2 Å². The van der Waals surface area contributed by atoms with Crippen LogP contribution in [-0.2, 0) is 14.3 Å². The molecule has 1 aromatic heterocycles. The first-order chi connectivity index (χ1) is 9.92. The van der Waals surface area contributed by atoms with Crippen LogP contribution in [0.4, 0.5) is 10.5 Å². The second kappa shape index (κ2) is 4.39. The van der Waals surface area contributed by atoms with Gasteiger partial charge in [-0.1, -0.05) is 0 Å². The summed E-state index contributed by atoms with van der Waals surface area (Å²) in [6.07, 6.45) is 0.830. The van der Waals surface area contributed by atoms with Crippen molar-refractivity contribution in [1.82, 2.24) is 5.32 Å². The molecule has 2 heterocycles. The molecule has 0 atom stereocenters. The lowest BCUT2D eigenvalue weighted by Gasteiger charge is -2.30. The Morgan fingerprint density at radius 2 is 2.05 bits per heavy atom. The number of carbonyl (C=O) groups excluding carboxylic acids is 4. The Morgan fingerprint density at radius 1 is 1.38 bits per heavy atom. The number of barbiturate groups is 1. The van der Waals surface area contributed by atoms with E-state index in [4.69, 9.17) is 0 Å². The van der Waals surface area contributed by atoms with Crippen LogP contribution in [0.15, 0.2) is 5.38 Å². The van der Waals surface area contributed by atoms with E-state index in [9.17, 15) is 19.2 Å². The number of rotatable bonds is 2. The summed E-state index contributed by atoms with van der Waals surface area (Å²) < 4.78 is 4.68. The fraction of sp³-hybridized carbons (Fsp3) is 0.385. The van der Waals surface area contributed by atoms with Gasteiger partial charge < -0.3 is 4.74 Å². The van der Waals surface area contributed by atoms with Gasteiger partial charge in [0.15, 0.2) is 0 Å². The topological polar surface area (TPSA) is 92.8 Å². The number of esters is 1. The summed E-state index contributed by atoms with van der Waals surface area (Å²) in [5, 5.41) is 3.86. The summed E-state index contributed by atoms with van der Waals surface area (Å²) in [7, 11) is 1.23. The molecule has 8 heteroatoms. The van der Waals surface area contributed by atoms with E-state index >= 15 is 0 Å². The van der Waals surface area contributed by atoms with Crippen LogP contribution in [-0.4, -0.2) is 30.9 Å². The van der Waals surface area contributed by atoms with Crippen molar-refractivity contribution >= 4 is 40.8 Å². The number of amides is 4. The predicted molar refractivity (Wildman–Crippen MR) is 73.1 cm³/mol. The van der Waals surface area contributed by atoms with Crippen molar-refractivity contribution in [2.24, 2.45) is 5.41 Å². The first kappa shape index (κ1) is 13.7. The van der Waals surface area contributed by atoms with E-state index in [1.807, 2.05) is 0 Å². The van der Waals surface area contributed by atoms with Gasteiger partial charge in [-0.05, 0) is 30.7 Å². The molecule has 1 aliphatic carbocycles. The fourth-order valence-corrected chi connectivity index (χ4v) is 3.35. The summed E-state index contributed by atoms with van der Waals surface area (Å²) in [6, 6.07) is -0.825. The molecule has 110 valence electrons. The van der Waals surface area contributed by atoms with Crippen LogP contribution < -0.4 is 10.2 Å². The van der Waals surface area contributed by atoms with Crippen molar-refractivity contribution in [2.45, 2.75) is 19.8 Å². The Balaban J connectivity index is 2.10. The second-order valence-corrected chi connectivity index (χ2v) is 5.95. The Labute approximate surface area is 123 Å². The Kier molecular flexibility index (Phi) is 2.87. The van der Waals surface area contributed by atoms with E-state index in [1.54, 1.807) is 12.3 Å². The van der Waals surface area contributed by atoms with Gasteiger partial charge in [-0.25, -0.2) is 14.5 Å². The molecule has 2 aliphatic rings. The van der Waals surface area contributed by atoms with Crippen LogP contribution in [0, 0.1) is 12.3 Å². The summed E-state index contributed by atoms with van der Waals surface area (Å²) in [6.45, 7) is 1.69. The first-order valence-electron chi connectivity index (χ1n) is 6.29. The summed E-state index contributed by atoms with van der Waals surface area (Å²) in [5.74, 6) is -1.74. The molecule has 0 unspecified atom stereocenters. The van der Waals surface area contributed by atoms with E-state index in [0.29, 0.717) is 18.4 Å². The standard InChI is InChI=1S/C13H12N2O5S/c1-6-5-21-8(9(16)20-2)7(6)15-11(18)13(3-4-13)10(17)14-12(15)19/h5H,3-4H2,1-2H3,(H,14,17,19). The van der Waals surface area contributed by atoms with Gasteiger partial charge in [-0.3, -0.25) is 14.9 Å². The maximum Gasteiger partial charge on any atom is 0.350 e. The zero-order chi connectivity index (χ0) is 15.4.